The van der Waals surface area contributed by atoms with Crippen molar-refractivity contribution in [3.8, 4) is 0 Å². The summed E-state index contributed by atoms with van der Waals surface area (Å²) in [5.41, 5.74) is 2.17. The molecule has 0 radical (unpaired) electrons. The van der Waals surface area contributed by atoms with Crippen LogP contribution in [-0.2, 0) is 9.53 Å². The van der Waals surface area contributed by atoms with Crippen molar-refractivity contribution in [2.75, 3.05) is 36.6 Å². The standard InChI is InChI=1S/C24H26FN3O4/c25-16-4-3-5-17(12-16)26-24(31)28-20-13-27(23(30)15-8-10-32-11-9-15)19-7-2-1-6-18(19)22(20)21(28)14-29/h1-7,12,15,20-22,29H,8-11,13-14H2,(H,26,31)/t20-,21-,22+/m0/s1. The third-order valence-corrected chi connectivity index (χ3v) is 6.83. The number of carbonyl (C=O) groups excluding carboxylic acids is 2. The van der Waals surface area contributed by atoms with Gasteiger partial charge in [-0.1, -0.05) is 24.3 Å². The Morgan fingerprint density at radius 3 is 2.66 bits per heavy atom. The summed E-state index contributed by atoms with van der Waals surface area (Å²) in [4.78, 5) is 29.9. The van der Waals surface area contributed by atoms with Crippen LogP contribution in [0.4, 0.5) is 20.6 Å². The molecule has 0 saturated carbocycles. The first-order valence-electron chi connectivity index (χ1n) is 11.0. The maximum Gasteiger partial charge on any atom is 0.322 e. The average molecular weight is 439 g/mol. The molecule has 3 aliphatic heterocycles. The van der Waals surface area contributed by atoms with Crippen molar-refractivity contribution in [3.63, 3.8) is 0 Å². The normalized spacial score (nSPS) is 24.9. The van der Waals surface area contributed by atoms with Crippen LogP contribution in [0, 0.1) is 11.7 Å². The molecule has 0 unspecified atom stereocenters. The summed E-state index contributed by atoms with van der Waals surface area (Å²) in [5.74, 6) is -0.551. The van der Waals surface area contributed by atoms with E-state index >= 15 is 0 Å². The zero-order valence-corrected chi connectivity index (χ0v) is 17.6. The molecule has 0 aliphatic carbocycles. The molecule has 3 atom stereocenters. The molecule has 2 aromatic carbocycles. The second kappa shape index (κ2) is 8.52. The minimum Gasteiger partial charge on any atom is -0.394 e. The Balaban J connectivity index is 1.43. The summed E-state index contributed by atoms with van der Waals surface area (Å²) in [6.45, 7) is 1.32. The van der Waals surface area contributed by atoms with Gasteiger partial charge in [-0.15, -0.1) is 0 Å². The minimum absolute atomic E-state index is 0.0529. The van der Waals surface area contributed by atoms with E-state index in [0.717, 1.165) is 11.3 Å². The lowest BCUT2D eigenvalue weighted by Crippen LogP contribution is -2.71. The van der Waals surface area contributed by atoms with E-state index in [1.165, 1.54) is 18.2 Å². The fourth-order valence-electron chi connectivity index (χ4n) is 5.29. The first kappa shape index (κ1) is 20.9. The van der Waals surface area contributed by atoms with Crippen LogP contribution in [0.1, 0.15) is 24.3 Å². The third kappa shape index (κ3) is 3.53. The number of aliphatic hydroxyl groups is 1. The fourth-order valence-corrected chi connectivity index (χ4v) is 5.29. The van der Waals surface area contributed by atoms with Crippen LogP contribution in [0.2, 0.25) is 0 Å². The van der Waals surface area contributed by atoms with Crippen LogP contribution in [0.15, 0.2) is 48.5 Å². The van der Waals surface area contributed by atoms with E-state index in [4.69, 9.17) is 4.74 Å². The Bertz CT molecular complexity index is 1030. The van der Waals surface area contributed by atoms with Crippen molar-refractivity contribution in [1.82, 2.24) is 4.90 Å². The van der Waals surface area contributed by atoms with Crippen molar-refractivity contribution in [2.24, 2.45) is 5.92 Å². The smallest absolute Gasteiger partial charge is 0.322 e. The SMILES string of the molecule is O=C(C1CCOCC1)N1C[C@H]2[C@@H](c3ccccc31)[C@H](CO)N2C(=O)Nc1cccc(F)c1. The Morgan fingerprint density at radius 2 is 1.91 bits per heavy atom. The van der Waals surface area contributed by atoms with E-state index in [2.05, 4.69) is 5.32 Å². The monoisotopic (exact) mass is 439 g/mol. The predicted molar refractivity (Wildman–Crippen MR) is 117 cm³/mol. The highest BCUT2D eigenvalue weighted by atomic mass is 19.1. The molecule has 0 bridgehead atoms. The Kier molecular flexibility index (Phi) is 5.57. The lowest BCUT2D eigenvalue weighted by atomic mass is 9.72. The van der Waals surface area contributed by atoms with Crippen molar-refractivity contribution < 1.29 is 23.8 Å². The molecular weight excluding hydrogens is 413 g/mol. The maximum absolute atomic E-state index is 13.6. The number of carbonyl (C=O) groups is 2. The molecule has 3 amide bonds. The number of para-hydroxylation sites is 1. The van der Waals surface area contributed by atoms with Gasteiger partial charge < -0.3 is 25.0 Å². The highest BCUT2D eigenvalue weighted by Gasteiger charge is 2.55. The van der Waals surface area contributed by atoms with Crippen molar-refractivity contribution in [1.29, 1.82) is 0 Å². The number of rotatable bonds is 3. The summed E-state index contributed by atoms with van der Waals surface area (Å²) in [5, 5.41) is 12.8. The molecule has 0 aromatic heterocycles. The van der Waals surface area contributed by atoms with E-state index in [0.29, 0.717) is 38.3 Å². The fraction of sp³-hybridized carbons (Fsp3) is 0.417. The highest BCUT2D eigenvalue weighted by Crippen LogP contribution is 2.48. The summed E-state index contributed by atoms with van der Waals surface area (Å²) in [6, 6.07) is 12.4. The van der Waals surface area contributed by atoms with Gasteiger partial charge >= 0.3 is 6.03 Å². The van der Waals surface area contributed by atoms with Crippen LogP contribution in [0.5, 0.6) is 0 Å². The highest BCUT2D eigenvalue weighted by molar-refractivity contribution is 5.98. The van der Waals surface area contributed by atoms with Crippen LogP contribution in [-0.4, -0.2) is 60.4 Å². The Morgan fingerprint density at radius 1 is 1.12 bits per heavy atom. The average Bonchev–Trinajstić information content (AvgIpc) is 2.79. The number of ether oxygens (including phenoxy) is 1. The molecule has 32 heavy (non-hydrogen) atoms. The summed E-state index contributed by atoms with van der Waals surface area (Å²) in [6.07, 6.45) is 1.38. The lowest BCUT2D eigenvalue weighted by Gasteiger charge is -2.58. The van der Waals surface area contributed by atoms with Crippen LogP contribution in [0.25, 0.3) is 0 Å². The number of benzene rings is 2. The number of aliphatic hydroxyl groups excluding tert-OH is 1. The number of fused-ring (bicyclic) bond motifs is 3. The van der Waals surface area contributed by atoms with E-state index in [1.807, 2.05) is 24.3 Å². The van der Waals surface area contributed by atoms with Crippen molar-refractivity contribution >= 4 is 23.3 Å². The summed E-state index contributed by atoms with van der Waals surface area (Å²) in [7, 11) is 0. The van der Waals surface area contributed by atoms with Crippen molar-refractivity contribution in [3.05, 3.63) is 59.9 Å². The molecule has 0 spiro atoms. The Hall–Kier alpha value is -2.97. The predicted octanol–water partition coefficient (Wildman–Crippen LogP) is 2.96. The molecule has 3 heterocycles. The van der Waals surface area contributed by atoms with Crippen LogP contribution >= 0.6 is 0 Å². The zero-order valence-electron chi connectivity index (χ0n) is 17.6. The van der Waals surface area contributed by atoms with Gasteiger partial charge in [0.15, 0.2) is 0 Å². The van der Waals surface area contributed by atoms with Crippen LogP contribution < -0.4 is 10.2 Å². The third-order valence-electron chi connectivity index (χ3n) is 6.83. The minimum atomic E-state index is -0.442. The van der Waals surface area contributed by atoms with Gasteiger partial charge in [-0.05, 0) is 42.7 Å². The second-order valence-corrected chi connectivity index (χ2v) is 8.59. The molecule has 2 fully saturated rings. The molecule has 2 aromatic rings. The molecule has 2 saturated heterocycles. The lowest BCUT2D eigenvalue weighted by molar-refractivity contribution is -0.126. The van der Waals surface area contributed by atoms with Gasteiger partial charge in [-0.3, -0.25) is 4.79 Å². The van der Waals surface area contributed by atoms with Gasteiger partial charge in [0.1, 0.15) is 5.82 Å². The largest absolute Gasteiger partial charge is 0.394 e. The molecule has 168 valence electrons. The number of halogens is 1. The number of nitrogens with zero attached hydrogens (tertiary/aromatic N) is 2. The first-order chi connectivity index (χ1) is 15.6. The van der Waals surface area contributed by atoms with Gasteiger partial charge in [0, 0.05) is 43.0 Å². The molecule has 8 heteroatoms. The summed E-state index contributed by atoms with van der Waals surface area (Å²) < 4.78 is 19.0. The quantitative estimate of drug-likeness (QED) is 0.771. The van der Waals surface area contributed by atoms with Gasteiger partial charge in [0.25, 0.3) is 0 Å². The molecule has 2 N–H and O–H groups in total. The number of anilines is 2. The number of nitrogens with one attached hydrogen (secondary N) is 1. The zero-order chi connectivity index (χ0) is 22.2. The summed E-state index contributed by atoms with van der Waals surface area (Å²) >= 11 is 0. The van der Waals surface area contributed by atoms with Crippen molar-refractivity contribution in [2.45, 2.75) is 30.8 Å². The number of hydrogen-bond acceptors (Lipinski definition) is 4. The molecule has 3 aliphatic rings. The molecule has 5 rings (SSSR count). The second-order valence-electron chi connectivity index (χ2n) is 8.59. The van der Waals surface area contributed by atoms with Crippen LogP contribution in [0.3, 0.4) is 0 Å². The van der Waals surface area contributed by atoms with E-state index in [9.17, 15) is 19.1 Å². The number of hydrogen-bond donors (Lipinski definition) is 2. The van der Waals surface area contributed by atoms with Gasteiger partial charge in [-0.2, -0.15) is 0 Å². The van der Waals surface area contributed by atoms with E-state index in [1.54, 1.807) is 15.9 Å². The molecule has 7 nitrogen and oxygen atoms in total. The van der Waals surface area contributed by atoms with E-state index in [-0.39, 0.29) is 30.4 Å². The Labute approximate surface area is 185 Å². The number of amides is 3. The number of likely N-dealkylation sites (tertiary alicyclic amines) is 1. The maximum atomic E-state index is 13.6. The molecular formula is C24H26FN3O4. The first-order valence-corrected chi connectivity index (χ1v) is 11.0. The topological polar surface area (TPSA) is 82.1 Å². The van der Waals surface area contributed by atoms with Gasteiger partial charge in [-0.25, -0.2) is 9.18 Å². The van der Waals surface area contributed by atoms with Gasteiger partial charge in [0.2, 0.25) is 5.91 Å². The van der Waals surface area contributed by atoms with Gasteiger partial charge in [0.05, 0.1) is 18.7 Å². The number of urea groups is 1. The van der Waals surface area contributed by atoms with E-state index < -0.39 is 17.9 Å².